The standard InChI is InChI=1S/C10H13N5O3/c1-5-9(17)13-7(16)4-15(5)10(18)6-3-12-14(2)8(6)11/h3,5H,4,11H2,1-2H3,(H,13,16,17). The molecule has 3 N–H and O–H groups in total. The Balaban J connectivity index is 2.30. The van der Waals surface area contributed by atoms with Crippen LogP contribution in [-0.4, -0.2) is 45.0 Å². The van der Waals surface area contributed by atoms with E-state index >= 15 is 0 Å². The second kappa shape index (κ2) is 4.13. The van der Waals surface area contributed by atoms with Gasteiger partial charge in [0, 0.05) is 7.05 Å². The van der Waals surface area contributed by atoms with Crippen molar-refractivity contribution in [3.8, 4) is 0 Å². The van der Waals surface area contributed by atoms with Gasteiger partial charge in [0.15, 0.2) is 0 Å². The van der Waals surface area contributed by atoms with E-state index in [1.165, 1.54) is 15.8 Å². The number of imide groups is 1. The fourth-order valence-corrected chi connectivity index (χ4v) is 1.73. The van der Waals surface area contributed by atoms with Crippen LogP contribution in [0.1, 0.15) is 17.3 Å². The van der Waals surface area contributed by atoms with E-state index < -0.39 is 23.8 Å². The van der Waals surface area contributed by atoms with E-state index in [1.807, 2.05) is 0 Å². The van der Waals surface area contributed by atoms with Crippen LogP contribution in [0.2, 0.25) is 0 Å². The van der Waals surface area contributed by atoms with Gasteiger partial charge in [0.1, 0.15) is 24.0 Å². The van der Waals surface area contributed by atoms with Crippen LogP contribution in [0.25, 0.3) is 0 Å². The van der Waals surface area contributed by atoms with Crippen LogP contribution in [0.15, 0.2) is 6.20 Å². The smallest absolute Gasteiger partial charge is 0.260 e. The second-order valence-electron chi connectivity index (χ2n) is 4.09. The lowest BCUT2D eigenvalue weighted by atomic mass is 10.1. The number of hydrogen-bond donors (Lipinski definition) is 2. The summed E-state index contributed by atoms with van der Waals surface area (Å²) in [6, 6.07) is -0.713. The van der Waals surface area contributed by atoms with Gasteiger partial charge in [-0.3, -0.25) is 24.4 Å². The van der Waals surface area contributed by atoms with Crippen molar-refractivity contribution in [2.75, 3.05) is 12.3 Å². The van der Waals surface area contributed by atoms with Gasteiger partial charge in [0.25, 0.3) is 5.91 Å². The van der Waals surface area contributed by atoms with Crippen molar-refractivity contribution in [1.29, 1.82) is 0 Å². The molecule has 1 saturated heterocycles. The average Bonchev–Trinajstić information content (AvgIpc) is 2.64. The monoisotopic (exact) mass is 251 g/mol. The van der Waals surface area contributed by atoms with Gasteiger partial charge in [-0.15, -0.1) is 0 Å². The van der Waals surface area contributed by atoms with Crippen LogP contribution in [0.3, 0.4) is 0 Å². The Morgan fingerprint density at radius 3 is 2.78 bits per heavy atom. The first-order chi connectivity index (χ1) is 8.41. The van der Waals surface area contributed by atoms with Crippen LogP contribution < -0.4 is 11.1 Å². The fourth-order valence-electron chi connectivity index (χ4n) is 1.73. The lowest BCUT2D eigenvalue weighted by Crippen LogP contribution is -2.58. The Hall–Kier alpha value is -2.38. The molecule has 0 spiro atoms. The van der Waals surface area contributed by atoms with Crippen LogP contribution in [0.4, 0.5) is 5.82 Å². The number of amides is 3. The van der Waals surface area contributed by atoms with Crippen LogP contribution in [0.5, 0.6) is 0 Å². The van der Waals surface area contributed by atoms with E-state index in [0.717, 1.165) is 0 Å². The van der Waals surface area contributed by atoms with Crippen molar-refractivity contribution >= 4 is 23.5 Å². The molecule has 2 heterocycles. The quantitative estimate of drug-likeness (QED) is 0.589. The number of nitrogens with one attached hydrogen (secondary N) is 1. The molecule has 0 aromatic carbocycles. The molecule has 0 radical (unpaired) electrons. The van der Waals surface area contributed by atoms with Gasteiger partial charge in [0.05, 0.1) is 6.20 Å². The Morgan fingerprint density at radius 1 is 1.56 bits per heavy atom. The summed E-state index contributed by atoms with van der Waals surface area (Å²) in [7, 11) is 1.60. The molecule has 1 aromatic heterocycles. The van der Waals surface area contributed by atoms with Crippen molar-refractivity contribution in [2.45, 2.75) is 13.0 Å². The third kappa shape index (κ3) is 1.81. The van der Waals surface area contributed by atoms with E-state index in [9.17, 15) is 14.4 Å². The molecule has 1 aliphatic rings. The van der Waals surface area contributed by atoms with Crippen LogP contribution in [-0.2, 0) is 16.6 Å². The van der Waals surface area contributed by atoms with E-state index in [-0.39, 0.29) is 17.9 Å². The molecule has 96 valence electrons. The average molecular weight is 251 g/mol. The molecule has 1 unspecified atom stereocenters. The highest BCUT2D eigenvalue weighted by Crippen LogP contribution is 2.16. The number of aromatic nitrogens is 2. The minimum Gasteiger partial charge on any atom is -0.383 e. The molecular formula is C10H13N5O3. The lowest BCUT2D eigenvalue weighted by molar-refractivity contribution is -0.138. The number of hydrogen-bond acceptors (Lipinski definition) is 5. The number of carbonyl (C=O) groups is 3. The zero-order valence-electron chi connectivity index (χ0n) is 10.0. The summed E-state index contributed by atoms with van der Waals surface area (Å²) in [5.74, 6) is -1.28. The van der Waals surface area contributed by atoms with E-state index in [0.29, 0.717) is 0 Å². The zero-order valence-corrected chi connectivity index (χ0v) is 10.0. The number of rotatable bonds is 1. The highest BCUT2D eigenvalue weighted by atomic mass is 16.2. The summed E-state index contributed by atoms with van der Waals surface area (Å²) in [5, 5.41) is 6.02. The molecule has 8 nitrogen and oxygen atoms in total. The van der Waals surface area contributed by atoms with Crippen LogP contribution >= 0.6 is 0 Å². The summed E-state index contributed by atoms with van der Waals surface area (Å²) in [4.78, 5) is 36.1. The summed E-state index contributed by atoms with van der Waals surface area (Å²) in [6.07, 6.45) is 1.32. The maximum Gasteiger partial charge on any atom is 0.260 e. The highest BCUT2D eigenvalue weighted by molar-refractivity contribution is 6.08. The molecular weight excluding hydrogens is 238 g/mol. The lowest BCUT2D eigenvalue weighted by Gasteiger charge is -2.31. The number of anilines is 1. The second-order valence-corrected chi connectivity index (χ2v) is 4.09. The maximum absolute atomic E-state index is 12.2. The van der Waals surface area contributed by atoms with E-state index in [4.69, 9.17) is 5.73 Å². The summed E-state index contributed by atoms with van der Waals surface area (Å²) < 4.78 is 1.35. The Labute approximate surface area is 103 Å². The highest BCUT2D eigenvalue weighted by Gasteiger charge is 2.35. The van der Waals surface area contributed by atoms with Crippen molar-refractivity contribution in [2.24, 2.45) is 7.05 Å². The largest absolute Gasteiger partial charge is 0.383 e. The molecule has 2 rings (SSSR count). The SMILES string of the molecule is CC1C(=O)NC(=O)CN1C(=O)c1cnn(C)c1N. The number of nitrogens with two attached hydrogens (primary N) is 1. The van der Waals surface area contributed by atoms with Gasteiger partial charge in [0.2, 0.25) is 11.8 Å². The fraction of sp³-hybridized carbons (Fsp3) is 0.400. The van der Waals surface area contributed by atoms with E-state index in [2.05, 4.69) is 10.4 Å². The van der Waals surface area contributed by atoms with Crippen molar-refractivity contribution in [3.05, 3.63) is 11.8 Å². The third-order valence-corrected chi connectivity index (χ3v) is 2.90. The van der Waals surface area contributed by atoms with Gasteiger partial charge in [-0.05, 0) is 6.92 Å². The predicted molar refractivity (Wildman–Crippen MR) is 61.3 cm³/mol. The first kappa shape index (κ1) is 12.1. The van der Waals surface area contributed by atoms with Crippen molar-refractivity contribution in [3.63, 3.8) is 0 Å². The third-order valence-electron chi connectivity index (χ3n) is 2.90. The number of nitrogen functional groups attached to an aromatic ring is 1. The molecule has 0 saturated carbocycles. The van der Waals surface area contributed by atoms with E-state index in [1.54, 1.807) is 14.0 Å². The first-order valence-electron chi connectivity index (χ1n) is 5.34. The molecule has 18 heavy (non-hydrogen) atoms. The minimum atomic E-state index is -0.713. The topological polar surface area (TPSA) is 110 Å². The summed E-state index contributed by atoms with van der Waals surface area (Å²) in [5.41, 5.74) is 5.88. The first-order valence-corrected chi connectivity index (χ1v) is 5.34. The number of piperazine rings is 1. The van der Waals surface area contributed by atoms with Gasteiger partial charge < -0.3 is 10.6 Å². The van der Waals surface area contributed by atoms with Gasteiger partial charge in [-0.25, -0.2) is 0 Å². The van der Waals surface area contributed by atoms with Gasteiger partial charge in [-0.2, -0.15) is 5.10 Å². The van der Waals surface area contributed by atoms with Crippen LogP contribution in [0, 0.1) is 0 Å². The molecule has 0 bridgehead atoms. The molecule has 1 aromatic rings. The minimum absolute atomic E-state index is 0.167. The molecule has 1 fully saturated rings. The molecule has 3 amide bonds. The summed E-state index contributed by atoms with van der Waals surface area (Å²) in [6.45, 7) is 1.38. The molecule has 1 aliphatic heterocycles. The summed E-state index contributed by atoms with van der Waals surface area (Å²) >= 11 is 0. The predicted octanol–water partition coefficient (Wildman–Crippen LogP) is -1.51. The van der Waals surface area contributed by atoms with Crippen molar-refractivity contribution in [1.82, 2.24) is 20.0 Å². The van der Waals surface area contributed by atoms with Crippen molar-refractivity contribution < 1.29 is 14.4 Å². The zero-order chi connectivity index (χ0) is 13.4. The molecule has 1 atom stereocenters. The number of aryl methyl sites for hydroxylation is 1. The van der Waals surface area contributed by atoms with Gasteiger partial charge >= 0.3 is 0 Å². The molecule has 0 aliphatic carbocycles. The number of nitrogens with zero attached hydrogens (tertiary/aromatic N) is 3. The molecule has 8 heteroatoms. The Kier molecular flexibility index (Phi) is 2.77. The maximum atomic E-state index is 12.2. The number of carbonyl (C=O) groups excluding carboxylic acids is 3. The Morgan fingerprint density at radius 2 is 2.22 bits per heavy atom. The van der Waals surface area contributed by atoms with Gasteiger partial charge in [-0.1, -0.05) is 0 Å². The Bertz CT molecular complexity index is 536. The normalized spacial score (nSPS) is 19.9.